The van der Waals surface area contributed by atoms with E-state index in [1.54, 1.807) is 0 Å². The lowest BCUT2D eigenvalue weighted by Crippen LogP contribution is -2.29. The summed E-state index contributed by atoms with van der Waals surface area (Å²) in [4.78, 5) is 34.3. The monoisotopic (exact) mass is 706 g/mol. The lowest BCUT2D eigenvalue weighted by Gasteiger charge is -2.19. The third-order valence-corrected chi connectivity index (χ3v) is 8.37. The van der Waals surface area contributed by atoms with Crippen LogP contribution in [0.25, 0.3) is 0 Å². The second kappa shape index (κ2) is 35.3. The lowest BCUT2D eigenvalue weighted by atomic mass is 10.1. The standard InChI is InChI=1S/C40H67O8P/c1-4-6-8-10-12-14-16-18-20-22-24-26-28-30-32-34-39(41)46-36-38(37-47-49(43,44)45-3)48-40(42)35-33-31-29-27-25-23-21-19-17-15-13-11-9-7-5-2/h7,9,12-15,18-21,25,27,38H,4-6,8,10-11,16-17,22-24,26,28-37H2,1-3H3,(H,43,44)/b9-7-,14-12-,15-13-,20-18-,21-19-,27-25-. The summed E-state index contributed by atoms with van der Waals surface area (Å²) in [6.45, 7) is 3.67. The molecule has 2 atom stereocenters. The summed E-state index contributed by atoms with van der Waals surface area (Å²) < 4.78 is 31.8. The Kier molecular flexibility index (Phi) is 33.5. The highest BCUT2D eigenvalue weighted by molar-refractivity contribution is 7.47. The van der Waals surface area contributed by atoms with Crippen LogP contribution in [0.1, 0.15) is 142 Å². The van der Waals surface area contributed by atoms with Crippen LogP contribution in [-0.4, -0.2) is 43.3 Å². The van der Waals surface area contributed by atoms with Crippen molar-refractivity contribution in [2.24, 2.45) is 0 Å². The minimum absolute atomic E-state index is 0.186. The molecule has 0 saturated heterocycles. The van der Waals surface area contributed by atoms with Crippen LogP contribution in [0.3, 0.4) is 0 Å². The number of carbonyl (C=O) groups is 2. The fourth-order valence-electron chi connectivity index (χ4n) is 4.56. The molecule has 1 N–H and O–H groups in total. The first-order valence-corrected chi connectivity index (χ1v) is 20.1. The van der Waals surface area contributed by atoms with Crippen molar-refractivity contribution in [2.45, 2.75) is 148 Å². The topological polar surface area (TPSA) is 108 Å². The Morgan fingerprint density at radius 1 is 0.592 bits per heavy atom. The maximum atomic E-state index is 12.4. The van der Waals surface area contributed by atoms with Gasteiger partial charge in [-0.3, -0.25) is 18.6 Å². The number of carbonyl (C=O) groups excluding carboxylic acids is 2. The van der Waals surface area contributed by atoms with Gasteiger partial charge >= 0.3 is 19.8 Å². The molecule has 0 aromatic rings. The van der Waals surface area contributed by atoms with Crippen molar-refractivity contribution in [3.63, 3.8) is 0 Å². The first-order chi connectivity index (χ1) is 23.8. The first kappa shape index (κ1) is 46.5. The molecule has 0 bridgehead atoms. The van der Waals surface area contributed by atoms with Gasteiger partial charge in [-0.2, -0.15) is 0 Å². The molecule has 0 aliphatic heterocycles. The van der Waals surface area contributed by atoms with E-state index >= 15 is 0 Å². The molecule has 0 aliphatic rings. The number of ether oxygens (including phenoxy) is 2. The Labute approximate surface area is 298 Å². The number of hydrogen-bond donors (Lipinski definition) is 1. The normalized spacial score (nSPS) is 14.3. The van der Waals surface area contributed by atoms with Crippen molar-refractivity contribution < 1.29 is 37.6 Å². The van der Waals surface area contributed by atoms with Crippen molar-refractivity contribution >= 4 is 19.8 Å². The maximum absolute atomic E-state index is 12.4. The molecule has 0 amide bonds. The predicted octanol–water partition coefficient (Wildman–Crippen LogP) is 11.4. The Morgan fingerprint density at radius 2 is 1.04 bits per heavy atom. The zero-order valence-corrected chi connectivity index (χ0v) is 31.7. The van der Waals surface area contributed by atoms with Crippen LogP contribution < -0.4 is 0 Å². The van der Waals surface area contributed by atoms with Crippen LogP contribution in [0.2, 0.25) is 0 Å². The van der Waals surface area contributed by atoms with Gasteiger partial charge in [-0.05, 0) is 83.5 Å². The molecule has 0 spiro atoms. The van der Waals surface area contributed by atoms with Gasteiger partial charge in [-0.15, -0.1) is 0 Å². The van der Waals surface area contributed by atoms with Gasteiger partial charge in [0.15, 0.2) is 6.10 Å². The molecule has 0 heterocycles. The quantitative estimate of drug-likeness (QED) is 0.0311. The summed E-state index contributed by atoms with van der Waals surface area (Å²) in [6, 6.07) is 0. The van der Waals surface area contributed by atoms with Gasteiger partial charge in [-0.1, -0.05) is 119 Å². The zero-order valence-electron chi connectivity index (χ0n) is 30.8. The molecule has 0 radical (unpaired) electrons. The van der Waals surface area contributed by atoms with Gasteiger partial charge < -0.3 is 14.4 Å². The molecule has 0 rings (SSSR count). The third-order valence-electron chi connectivity index (χ3n) is 7.43. The van der Waals surface area contributed by atoms with Crippen molar-refractivity contribution in [3.8, 4) is 0 Å². The van der Waals surface area contributed by atoms with E-state index in [0.717, 1.165) is 84.2 Å². The second-order valence-corrected chi connectivity index (χ2v) is 13.5. The summed E-state index contributed by atoms with van der Waals surface area (Å²) in [6.07, 6.45) is 43.8. The summed E-state index contributed by atoms with van der Waals surface area (Å²) >= 11 is 0. The average Bonchev–Trinajstić information content (AvgIpc) is 3.09. The highest BCUT2D eigenvalue weighted by Crippen LogP contribution is 2.42. The summed E-state index contributed by atoms with van der Waals surface area (Å²) in [5.41, 5.74) is 0. The number of hydrogen-bond acceptors (Lipinski definition) is 7. The molecule has 0 aromatic carbocycles. The minimum Gasteiger partial charge on any atom is -0.462 e. The molecule has 0 saturated carbocycles. The van der Waals surface area contributed by atoms with Gasteiger partial charge in [-0.25, -0.2) is 4.57 Å². The SMILES string of the molecule is CC/C=C\C/C=C\C/C=C\C/C=C\CCCCC(=O)OC(COC(=O)CCCCCCC/C=C\C/C=C\CCCCC)COP(=O)(O)OC. The molecule has 9 heteroatoms. The van der Waals surface area contributed by atoms with E-state index in [2.05, 4.69) is 91.3 Å². The van der Waals surface area contributed by atoms with E-state index in [4.69, 9.17) is 14.0 Å². The highest BCUT2D eigenvalue weighted by atomic mass is 31.2. The average molecular weight is 707 g/mol. The molecule has 49 heavy (non-hydrogen) atoms. The molecule has 280 valence electrons. The van der Waals surface area contributed by atoms with Crippen LogP contribution in [0.5, 0.6) is 0 Å². The molecule has 0 aliphatic carbocycles. The molecular formula is C40H67O8P. The molecular weight excluding hydrogens is 639 g/mol. The van der Waals surface area contributed by atoms with E-state index in [1.165, 1.54) is 25.7 Å². The van der Waals surface area contributed by atoms with E-state index in [9.17, 15) is 19.0 Å². The Morgan fingerprint density at radius 3 is 1.59 bits per heavy atom. The number of esters is 2. The van der Waals surface area contributed by atoms with Crippen LogP contribution in [0.4, 0.5) is 0 Å². The van der Waals surface area contributed by atoms with E-state index in [0.29, 0.717) is 12.8 Å². The predicted molar refractivity (Wildman–Crippen MR) is 202 cm³/mol. The van der Waals surface area contributed by atoms with Gasteiger partial charge in [0.1, 0.15) is 6.61 Å². The number of unbranched alkanes of at least 4 members (excludes halogenated alkanes) is 10. The highest BCUT2D eigenvalue weighted by Gasteiger charge is 2.24. The van der Waals surface area contributed by atoms with Gasteiger partial charge in [0, 0.05) is 20.0 Å². The Bertz CT molecular complexity index is 1030. The molecule has 0 aromatic heterocycles. The molecule has 0 fully saturated rings. The van der Waals surface area contributed by atoms with Crippen molar-refractivity contribution in [2.75, 3.05) is 20.3 Å². The van der Waals surface area contributed by atoms with Crippen LogP contribution >= 0.6 is 7.82 Å². The van der Waals surface area contributed by atoms with Gasteiger partial charge in [0.05, 0.1) is 6.61 Å². The smallest absolute Gasteiger partial charge is 0.462 e. The minimum atomic E-state index is -4.28. The largest absolute Gasteiger partial charge is 0.472 e. The number of phosphoric acid groups is 1. The third kappa shape index (κ3) is 35.1. The Hall–Kier alpha value is -2.51. The maximum Gasteiger partial charge on any atom is 0.472 e. The fourth-order valence-corrected chi connectivity index (χ4v) is 5.02. The number of rotatable bonds is 33. The molecule has 8 nitrogen and oxygen atoms in total. The van der Waals surface area contributed by atoms with Gasteiger partial charge in [0.2, 0.25) is 0 Å². The van der Waals surface area contributed by atoms with Crippen molar-refractivity contribution in [3.05, 3.63) is 72.9 Å². The molecule has 2 unspecified atom stereocenters. The van der Waals surface area contributed by atoms with Crippen molar-refractivity contribution in [1.29, 1.82) is 0 Å². The lowest BCUT2D eigenvalue weighted by molar-refractivity contribution is -0.161. The summed E-state index contributed by atoms with van der Waals surface area (Å²) in [5, 5.41) is 0. The summed E-state index contributed by atoms with van der Waals surface area (Å²) in [7, 11) is -3.23. The van der Waals surface area contributed by atoms with Crippen LogP contribution in [0, 0.1) is 0 Å². The van der Waals surface area contributed by atoms with E-state index in [-0.39, 0.29) is 19.4 Å². The van der Waals surface area contributed by atoms with Crippen LogP contribution in [0.15, 0.2) is 72.9 Å². The van der Waals surface area contributed by atoms with Crippen molar-refractivity contribution in [1.82, 2.24) is 0 Å². The number of allylic oxidation sites excluding steroid dienone is 12. The first-order valence-electron chi connectivity index (χ1n) is 18.6. The number of phosphoric ester groups is 1. The van der Waals surface area contributed by atoms with Gasteiger partial charge in [0.25, 0.3) is 0 Å². The van der Waals surface area contributed by atoms with E-state index < -0.39 is 32.5 Å². The fraction of sp³-hybridized carbons (Fsp3) is 0.650. The summed E-state index contributed by atoms with van der Waals surface area (Å²) in [5.74, 6) is -0.878. The van der Waals surface area contributed by atoms with Crippen LogP contribution in [-0.2, 0) is 32.7 Å². The Balaban J connectivity index is 4.19. The zero-order chi connectivity index (χ0) is 36.1. The second-order valence-electron chi connectivity index (χ2n) is 12.0. The van der Waals surface area contributed by atoms with E-state index in [1.807, 2.05) is 0 Å².